The number of hydrogen-bond donors (Lipinski definition) is 1. The van der Waals surface area contributed by atoms with Gasteiger partial charge in [-0.1, -0.05) is 41.5 Å². The van der Waals surface area contributed by atoms with E-state index in [0.29, 0.717) is 11.8 Å². The lowest BCUT2D eigenvalue weighted by molar-refractivity contribution is -0.156. The van der Waals surface area contributed by atoms with Gasteiger partial charge in [-0.3, -0.25) is 9.59 Å². The quantitative estimate of drug-likeness (QED) is 0.596. The third-order valence-corrected chi connectivity index (χ3v) is 6.24. The first kappa shape index (κ1) is 26.2. The maximum absolute atomic E-state index is 12.4. The smallest absolute Gasteiger partial charge is 0.323 e. The van der Waals surface area contributed by atoms with Gasteiger partial charge in [-0.15, -0.1) is 12.4 Å². The minimum atomic E-state index is -0.769. The molecule has 29 heavy (non-hydrogen) atoms. The summed E-state index contributed by atoms with van der Waals surface area (Å²) in [5.41, 5.74) is 6.39. The van der Waals surface area contributed by atoms with Crippen molar-refractivity contribution >= 4 is 24.3 Å². The van der Waals surface area contributed by atoms with E-state index >= 15 is 0 Å². The first-order valence-corrected chi connectivity index (χ1v) is 11.0. The van der Waals surface area contributed by atoms with E-state index in [-0.39, 0.29) is 54.3 Å². The second-order valence-corrected chi connectivity index (χ2v) is 11.1. The van der Waals surface area contributed by atoms with Gasteiger partial charge in [0.05, 0.1) is 0 Å². The van der Waals surface area contributed by atoms with Crippen molar-refractivity contribution in [3.05, 3.63) is 0 Å². The van der Waals surface area contributed by atoms with Crippen molar-refractivity contribution in [2.75, 3.05) is 0 Å². The van der Waals surface area contributed by atoms with E-state index in [0.717, 1.165) is 38.5 Å². The number of ether oxygens (including phenoxy) is 2. The van der Waals surface area contributed by atoms with Crippen LogP contribution in [-0.2, 0) is 19.1 Å². The zero-order chi connectivity index (χ0) is 21.1. The SMILES string of the molecule is CC1CC(OC(=O)CC[C@@H](N)C(=O)OC2CC(C)CC(C)(C)C2)CC(C)(C)C1.Cl. The first-order valence-electron chi connectivity index (χ1n) is 11.0. The van der Waals surface area contributed by atoms with Gasteiger partial charge in [0.15, 0.2) is 0 Å². The van der Waals surface area contributed by atoms with Crippen molar-refractivity contribution in [1.82, 2.24) is 0 Å². The molecule has 0 spiro atoms. The van der Waals surface area contributed by atoms with Crippen molar-refractivity contribution < 1.29 is 19.1 Å². The van der Waals surface area contributed by atoms with Gasteiger partial charge in [-0.25, -0.2) is 0 Å². The van der Waals surface area contributed by atoms with E-state index in [4.69, 9.17) is 15.2 Å². The number of halogens is 1. The number of esters is 2. The second kappa shape index (κ2) is 10.5. The van der Waals surface area contributed by atoms with Crippen LogP contribution in [0.2, 0.25) is 0 Å². The third kappa shape index (κ3) is 8.84. The predicted octanol–water partition coefficient (Wildman–Crippen LogP) is 5.03. The summed E-state index contributed by atoms with van der Waals surface area (Å²) in [5, 5.41) is 0. The van der Waals surface area contributed by atoms with Crippen LogP contribution in [0, 0.1) is 22.7 Å². The fourth-order valence-electron chi connectivity index (χ4n) is 5.58. The lowest BCUT2D eigenvalue weighted by Crippen LogP contribution is -2.39. The Morgan fingerprint density at radius 3 is 1.79 bits per heavy atom. The molecule has 2 rings (SSSR count). The average Bonchev–Trinajstić information content (AvgIpc) is 2.48. The van der Waals surface area contributed by atoms with Crippen molar-refractivity contribution in [3.63, 3.8) is 0 Å². The van der Waals surface area contributed by atoms with E-state index in [1.54, 1.807) is 0 Å². The highest BCUT2D eigenvalue weighted by Gasteiger charge is 2.36. The standard InChI is InChI=1S/C23H41NO4.ClH/c1-15-9-17(13-22(3,4)11-15)27-20(25)8-7-19(24)21(26)28-18-10-16(2)12-23(5,6)14-18;/h15-19H,7-14,24H2,1-6H3;1H/t15?,16?,17?,18?,19-;/m1./s1. The Balaban J connectivity index is 0.00000420. The van der Waals surface area contributed by atoms with Gasteiger partial charge in [-0.2, -0.15) is 0 Å². The topological polar surface area (TPSA) is 78.6 Å². The zero-order valence-corrected chi connectivity index (χ0v) is 20.0. The monoisotopic (exact) mass is 431 g/mol. The summed E-state index contributed by atoms with van der Waals surface area (Å²) in [6.45, 7) is 13.3. The van der Waals surface area contributed by atoms with Gasteiger partial charge in [0.25, 0.3) is 0 Å². The highest BCUT2D eigenvalue weighted by molar-refractivity contribution is 5.85. The van der Waals surface area contributed by atoms with Gasteiger partial charge in [0.1, 0.15) is 18.2 Å². The van der Waals surface area contributed by atoms with E-state index in [1.165, 1.54) is 0 Å². The Labute approximate surface area is 183 Å². The van der Waals surface area contributed by atoms with Gasteiger partial charge in [0.2, 0.25) is 0 Å². The molecule has 6 heteroatoms. The summed E-state index contributed by atoms with van der Waals surface area (Å²) >= 11 is 0. The molecule has 0 bridgehead atoms. The summed E-state index contributed by atoms with van der Waals surface area (Å²) in [5.74, 6) is 0.441. The molecule has 0 amide bonds. The number of rotatable bonds is 6. The Bertz CT molecular complexity index is 563. The molecule has 170 valence electrons. The fourth-order valence-corrected chi connectivity index (χ4v) is 5.58. The summed E-state index contributed by atoms with van der Waals surface area (Å²) in [6, 6.07) is -0.769. The van der Waals surface area contributed by atoms with Crippen molar-refractivity contribution in [1.29, 1.82) is 0 Å². The molecule has 0 radical (unpaired) electrons. The maximum atomic E-state index is 12.4. The van der Waals surface area contributed by atoms with E-state index in [9.17, 15) is 9.59 Å². The summed E-state index contributed by atoms with van der Waals surface area (Å²) in [6.07, 6.45) is 6.21. The number of hydrogen-bond acceptors (Lipinski definition) is 5. The largest absolute Gasteiger partial charge is 0.462 e. The minimum absolute atomic E-state index is 0. The molecule has 2 N–H and O–H groups in total. The molecule has 2 fully saturated rings. The fraction of sp³-hybridized carbons (Fsp3) is 0.913. The van der Waals surface area contributed by atoms with Crippen molar-refractivity contribution in [2.24, 2.45) is 28.4 Å². The molecule has 2 aliphatic carbocycles. The van der Waals surface area contributed by atoms with Crippen LogP contribution in [0.5, 0.6) is 0 Å². The number of carbonyl (C=O) groups excluding carboxylic acids is 2. The van der Waals surface area contributed by atoms with E-state index in [2.05, 4.69) is 41.5 Å². The van der Waals surface area contributed by atoms with Crippen LogP contribution in [0.4, 0.5) is 0 Å². The van der Waals surface area contributed by atoms with Gasteiger partial charge in [-0.05, 0) is 67.6 Å². The first-order chi connectivity index (χ1) is 12.8. The highest BCUT2D eigenvalue weighted by atomic mass is 35.5. The van der Waals surface area contributed by atoms with Gasteiger partial charge in [0, 0.05) is 6.42 Å². The van der Waals surface area contributed by atoms with E-state index < -0.39 is 12.0 Å². The van der Waals surface area contributed by atoms with Gasteiger partial charge >= 0.3 is 11.9 Å². The summed E-state index contributed by atoms with van der Waals surface area (Å²) in [4.78, 5) is 24.6. The molecule has 0 aliphatic heterocycles. The lowest BCUT2D eigenvalue weighted by Gasteiger charge is -2.38. The molecule has 0 aromatic heterocycles. The van der Waals surface area contributed by atoms with Crippen molar-refractivity contribution in [2.45, 2.75) is 111 Å². The summed E-state index contributed by atoms with van der Waals surface area (Å²) in [7, 11) is 0. The molecule has 0 aromatic rings. The Kier molecular flexibility index (Phi) is 9.48. The Hall–Kier alpha value is -0.810. The van der Waals surface area contributed by atoms with Crippen LogP contribution < -0.4 is 5.73 Å². The van der Waals surface area contributed by atoms with Crippen LogP contribution in [0.3, 0.4) is 0 Å². The van der Waals surface area contributed by atoms with Crippen molar-refractivity contribution in [3.8, 4) is 0 Å². The third-order valence-electron chi connectivity index (χ3n) is 6.24. The van der Waals surface area contributed by atoms with Crippen LogP contribution in [0.15, 0.2) is 0 Å². The highest BCUT2D eigenvalue weighted by Crippen LogP contribution is 2.40. The molecule has 0 aromatic carbocycles. The van der Waals surface area contributed by atoms with Crippen LogP contribution in [0.25, 0.3) is 0 Å². The molecule has 5 nitrogen and oxygen atoms in total. The Morgan fingerprint density at radius 1 is 0.897 bits per heavy atom. The number of nitrogens with two attached hydrogens (primary N) is 1. The van der Waals surface area contributed by atoms with Crippen LogP contribution in [0.1, 0.15) is 92.9 Å². The summed E-state index contributed by atoms with van der Waals surface area (Å²) < 4.78 is 11.3. The molecule has 2 aliphatic rings. The Morgan fingerprint density at radius 2 is 1.34 bits per heavy atom. The van der Waals surface area contributed by atoms with Gasteiger partial charge < -0.3 is 15.2 Å². The molecule has 0 saturated heterocycles. The van der Waals surface area contributed by atoms with E-state index in [1.807, 2.05) is 0 Å². The molecular formula is C23H42ClNO4. The molecular weight excluding hydrogens is 390 g/mol. The second-order valence-electron chi connectivity index (χ2n) is 11.1. The lowest BCUT2D eigenvalue weighted by atomic mass is 9.71. The maximum Gasteiger partial charge on any atom is 0.323 e. The van der Waals surface area contributed by atoms with Crippen LogP contribution in [-0.4, -0.2) is 30.2 Å². The zero-order valence-electron chi connectivity index (χ0n) is 19.2. The molecule has 5 atom stereocenters. The predicted molar refractivity (Wildman–Crippen MR) is 118 cm³/mol. The number of carbonyl (C=O) groups is 2. The minimum Gasteiger partial charge on any atom is -0.462 e. The molecule has 4 unspecified atom stereocenters. The molecule has 2 saturated carbocycles. The average molecular weight is 432 g/mol. The normalized spacial score (nSPS) is 31.8. The molecule has 0 heterocycles. The van der Waals surface area contributed by atoms with Crippen LogP contribution >= 0.6 is 12.4 Å².